The van der Waals surface area contributed by atoms with E-state index < -0.39 is 0 Å². The quantitative estimate of drug-likeness (QED) is 0.785. The van der Waals surface area contributed by atoms with Crippen LogP contribution in [-0.4, -0.2) is 10.5 Å². The molecule has 0 aliphatic carbocycles. The maximum Gasteiger partial charge on any atom is 0.419 e. The molecule has 0 atom stereocenters. The van der Waals surface area contributed by atoms with Gasteiger partial charge in [-0.1, -0.05) is 30.3 Å². The number of nitrogens with zero attached hydrogens (tertiary/aromatic N) is 1. The van der Waals surface area contributed by atoms with Crippen molar-refractivity contribution in [2.75, 3.05) is 0 Å². The van der Waals surface area contributed by atoms with Gasteiger partial charge in [0.1, 0.15) is 0 Å². The Kier molecular flexibility index (Phi) is 4.51. The van der Waals surface area contributed by atoms with Crippen LogP contribution in [0.4, 0.5) is 0 Å². The lowest BCUT2D eigenvalue weighted by Gasteiger charge is -2.07. The lowest BCUT2D eigenvalue weighted by molar-refractivity contribution is -0.121. The van der Waals surface area contributed by atoms with Gasteiger partial charge in [0, 0.05) is 20.0 Å². The first kappa shape index (κ1) is 16.1. The number of aryl methyl sites for hydroxylation is 3. The summed E-state index contributed by atoms with van der Waals surface area (Å²) >= 11 is 0. The average Bonchev–Trinajstić information content (AvgIpc) is 2.86. The Labute approximate surface area is 139 Å². The molecule has 1 N–H and O–H groups in total. The first-order valence-corrected chi connectivity index (χ1v) is 7.94. The van der Waals surface area contributed by atoms with Crippen molar-refractivity contribution in [3.63, 3.8) is 0 Å². The topological polar surface area (TPSA) is 64.2 Å². The molecule has 2 aromatic carbocycles. The first-order valence-electron chi connectivity index (χ1n) is 7.94. The molecule has 3 rings (SSSR count). The summed E-state index contributed by atoms with van der Waals surface area (Å²) in [7, 11) is 1.67. The zero-order chi connectivity index (χ0) is 17.1. The smallest absolute Gasteiger partial charge is 0.408 e. The Bertz CT molecular complexity index is 937. The highest BCUT2D eigenvalue weighted by Crippen LogP contribution is 2.14. The third-order valence-electron chi connectivity index (χ3n) is 4.23. The number of carbonyl (C=O) groups is 1. The second kappa shape index (κ2) is 6.74. The lowest BCUT2D eigenvalue weighted by atomic mass is 10.0. The van der Waals surface area contributed by atoms with E-state index in [4.69, 9.17) is 4.42 Å². The Hall–Kier alpha value is -2.82. The van der Waals surface area contributed by atoms with Crippen LogP contribution >= 0.6 is 0 Å². The average molecular weight is 324 g/mol. The van der Waals surface area contributed by atoms with E-state index in [0.717, 1.165) is 17.5 Å². The molecule has 0 saturated heterocycles. The molecule has 5 heteroatoms. The Morgan fingerprint density at radius 1 is 1.21 bits per heavy atom. The predicted octanol–water partition coefficient (Wildman–Crippen LogP) is 2.69. The van der Waals surface area contributed by atoms with Gasteiger partial charge in [-0.15, -0.1) is 0 Å². The third-order valence-corrected chi connectivity index (χ3v) is 4.23. The Balaban J connectivity index is 1.58. The van der Waals surface area contributed by atoms with Crippen LogP contribution in [0.1, 0.15) is 23.1 Å². The number of benzene rings is 2. The fraction of sp³-hybridized carbons (Fsp3) is 0.263. The van der Waals surface area contributed by atoms with Gasteiger partial charge in [0.25, 0.3) is 0 Å². The third kappa shape index (κ3) is 3.40. The largest absolute Gasteiger partial charge is 0.419 e. The number of hydrogen-bond acceptors (Lipinski definition) is 3. The van der Waals surface area contributed by atoms with Crippen LogP contribution in [0.25, 0.3) is 11.1 Å². The van der Waals surface area contributed by atoms with Gasteiger partial charge in [-0.05, 0) is 42.2 Å². The van der Waals surface area contributed by atoms with Crippen LogP contribution in [0, 0.1) is 6.92 Å². The van der Waals surface area contributed by atoms with Gasteiger partial charge in [0.2, 0.25) is 5.91 Å². The first-order chi connectivity index (χ1) is 11.5. The van der Waals surface area contributed by atoms with Gasteiger partial charge in [-0.2, -0.15) is 0 Å². The van der Waals surface area contributed by atoms with Crippen LogP contribution in [0.2, 0.25) is 0 Å². The molecular formula is C19H20N2O3. The second-order valence-electron chi connectivity index (χ2n) is 5.93. The summed E-state index contributed by atoms with van der Waals surface area (Å²) in [5.74, 6) is -0.378. The molecule has 1 aromatic heterocycles. The standard InChI is InChI=1S/C19H20N2O3/c1-13-5-3-4-6-15(13)8-10-18(22)20-12-14-7-9-16-17(11-14)24-19(23)21(16)2/h3-7,9,11H,8,10,12H2,1-2H3,(H,20,22). The van der Waals surface area contributed by atoms with Crippen LogP contribution in [0.5, 0.6) is 0 Å². The lowest BCUT2D eigenvalue weighted by Crippen LogP contribution is -2.23. The minimum Gasteiger partial charge on any atom is -0.408 e. The van der Waals surface area contributed by atoms with Crippen LogP contribution in [0.3, 0.4) is 0 Å². The normalized spacial score (nSPS) is 10.9. The van der Waals surface area contributed by atoms with Gasteiger partial charge in [0.05, 0.1) is 5.52 Å². The van der Waals surface area contributed by atoms with Crippen molar-refractivity contribution in [2.45, 2.75) is 26.3 Å². The van der Waals surface area contributed by atoms with Crippen LogP contribution in [-0.2, 0) is 24.8 Å². The summed E-state index contributed by atoms with van der Waals surface area (Å²) in [6, 6.07) is 13.6. The Morgan fingerprint density at radius 2 is 2.00 bits per heavy atom. The van der Waals surface area contributed by atoms with Crippen molar-refractivity contribution >= 4 is 17.0 Å². The molecule has 124 valence electrons. The highest BCUT2D eigenvalue weighted by atomic mass is 16.4. The van der Waals surface area contributed by atoms with E-state index in [2.05, 4.69) is 18.3 Å². The van der Waals surface area contributed by atoms with E-state index in [-0.39, 0.29) is 11.7 Å². The maximum atomic E-state index is 12.0. The number of amides is 1. The van der Waals surface area contributed by atoms with Crippen molar-refractivity contribution < 1.29 is 9.21 Å². The maximum absolute atomic E-state index is 12.0. The molecule has 0 spiro atoms. The Morgan fingerprint density at radius 3 is 2.79 bits per heavy atom. The molecule has 5 nitrogen and oxygen atoms in total. The molecule has 0 fully saturated rings. The molecule has 0 bridgehead atoms. The minimum absolute atomic E-state index is 0.00728. The molecule has 24 heavy (non-hydrogen) atoms. The van der Waals surface area contributed by atoms with Crippen molar-refractivity contribution in [1.29, 1.82) is 0 Å². The van der Waals surface area contributed by atoms with Gasteiger partial charge >= 0.3 is 5.76 Å². The van der Waals surface area contributed by atoms with E-state index in [0.29, 0.717) is 18.5 Å². The van der Waals surface area contributed by atoms with E-state index in [1.54, 1.807) is 13.1 Å². The van der Waals surface area contributed by atoms with Gasteiger partial charge < -0.3 is 9.73 Å². The number of oxazole rings is 1. The number of hydrogen-bond donors (Lipinski definition) is 1. The van der Waals surface area contributed by atoms with E-state index in [1.807, 2.05) is 30.3 Å². The number of aromatic nitrogens is 1. The number of rotatable bonds is 5. The number of nitrogens with one attached hydrogen (secondary N) is 1. The van der Waals surface area contributed by atoms with Crippen molar-refractivity contribution in [1.82, 2.24) is 9.88 Å². The molecule has 0 saturated carbocycles. The van der Waals surface area contributed by atoms with E-state index >= 15 is 0 Å². The second-order valence-corrected chi connectivity index (χ2v) is 5.93. The van der Waals surface area contributed by atoms with E-state index in [1.165, 1.54) is 15.7 Å². The molecule has 1 heterocycles. The summed E-state index contributed by atoms with van der Waals surface area (Å²) in [4.78, 5) is 23.5. The molecular weight excluding hydrogens is 304 g/mol. The predicted molar refractivity (Wildman–Crippen MR) is 92.8 cm³/mol. The monoisotopic (exact) mass is 324 g/mol. The van der Waals surface area contributed by atoms with E-state index in [9.17, 15) is 9.59 Å². The van der Waals surface area contributed by atoms with Crippen molar-refractivity contribution in [3.05, 3.63) is 69.7 Å². The highest BCUT2D eigenvalue weighted by Gasteiger charge is 2.08. The van der Waals surface area contributed by atoms with Crippen molar-refractivity contribution in [3.8, 4) is 0 Å². The zero-order valence-corrected chi connectivity index (χ0v) is 13.8. The van der Waals surface area contributed by atoms with Crippen LogP contribution < -0.4 is 11.1 Å². The summed E-state index contributed by atoms with van der Waals surface area (Å²) in [6.07, 6.45) is 1.18. The van der Waals surface area contributed by atoms with Gasteiger partial charge in [0.15, 0.2) is 5.58 Å². The summed E-state index contributed by atoms with van der Waals surface area (Å²) in [5, 5.41) is 2.91. The summed E-state index contributed by atoms with van der Waals surface area (Å²) in [6.45, 7) is 2.47. The zero-order valence-electron chi connectivity index (χ0n) is 13.8. The fourth-order valence-electron chi connectivity index (χ4n) is 2.72. The fourth-order valence-corrected chi connectivity index (χ4v) is 2.72. The van der Waals surface area contributed by atoms with Crippen molar-refractivity contribution in [2.24, 2.45) is 7.05 Å². The molecule has 3 aromatic rings. The number of carbonyl (C=O) groups excluding carboxylic acids is 1. The van der Waals surface area contributed by atoms with Gasteiger partial charge in [-0.3, -0.25) is 9.36 Å². The molecule has 0 unspecified atom stereocenters. The summed E-state index contributed by atoms with van der Waals surface area (Å²) in [5.41, 5.74) is 4.58. The SMILES string of the molecule is Cc1ccccc1CCC(=O)NCc1ccc2c(c1)oc(=O)n2C. The summed E-state index contributed by atoms with van der Waals surface area (Å²) < 4.78 is 6.62. The number of fused-ring (bicyclic) bond motifs is 1. The molecule has 0 aliphatic heterocycles. The molecule has 0 radical (unpaired) electrons. The van der Waals surface area contributed by atoms with Gasteiger partial charge in [-0.25, -0.2) is 4.79 Å². The molecule has 0 aliphatic rings. The molecule has 1 amide bonds. The van der Waals surface area contributed by atoms with Crippen LogP contribution in [0.15, 0.2) is 51.7 Å². The highest BCUT2D eigenvalue weighted by molar-refractivity contribution is 5.77. The minimum atomic E-state index is -0.385.